The van der Waals surface area contributed by atoms with E-state index < -0.39 is 5.76 Å². The molecule has 1 aliphatic rings. The second-order valence-electron chi connectivity index (χ2n) is 5.87. The number of H-pyrrole nitrogens is 1. The van der Waals surface area contributed by atoms with Crippen molar-refractivity contribution in [2.75, 3.05) is 24.1 Å². The van der Waals surface area contributed by atoms with Gasteiger partial charge in [-0.2, -0.15) is 0 Å². The Morgan fingerprint density at radius 2 is 2.17 bits per heavy atom. The van der Waals surface area contributed by atoms with Gasteiger partial charge in [-0.25, -0.2) is 9.89 Å². The van der Waals surface area contributed by atoms with Gasteiger partial charge >= 0.3 is 5.76 Å². The molecule has 1 aromatic heterocycles. The first kappa shape index (κ1) is 15.9. The van der Waals surface area contributed by atoms with Gasteiger partial charge < -0.3 is 20.8 Å². The molecule has 1 atom stereocenters. The van der Waals surface area contributed by atoms with Gasteiger partial charge in [0.1, 0.15) is 0 Å². The zero-order valence-corrected chi connectivity index (χ0v) is 13.6. The zero-order chi connectivity index (χ0) is 16.4. The minimum absolute atomic E-state index is 0.191. The lowest BCUT2D eigenvalue weighted by Crippen LogP contribution is -2.36. The van der Waals surface area contributed by atoms with Crippen molar-refractivity contribution in [3.8, 4) is 11.5 Å². The van der Waals surface area contributed by atoms with Crippen molar-refractivity contribution in [3.05, 3.63) is 27.7 Å². The Hall–Kier alpha value is -1.99. The molecule has 3 rings (SSSR count). The number of hydrogen-bond donors (Lipinski definition) is 4. The lowest BCUT2D eigenvalue weighted by molar-refractivity contribution is 0.343. The third kappa shape index (κ3) is 3.51. The van der Waals surface area contributed by atoms with Crippen molar-refractivity contribution in [1.82, 2.24) is 15.5 Å². The first-order chi connectivity index (χ1) is 11.0. The summed E-state index contributed by atoms with van der Waals surface area (Å²) >= 11 is 6.32. The predicted octanol–water partition coefficient (Wildman–Crippen LogP) is 2.07. The summed E-state index contributed by atoms with van der Waals surface area (Å²) < 4.78 is 4.98. The molecule has 0 spiro atoms. The molecule has 0 unspecified atom stereocenters. The zero-order valence-electron chi connectivity index (χ0n) is 12.9. The second kappa shape index (κ2) is 6.64. The molecule has 1 fully saturated rings. The lowest BCUT2D eigenvalue weighted by atomic mass is 9.91. The topological polar surface area (TPSA) is 109 Å². The fraction of sp³-hybridized carbons (Fsp3) is 0.467. The molecule has 5 N–H and O–H groups in total. The van der Waals surface area contributed by atoms with E-state index in [-0.39, 0.29) is 11.9 Å². The number of hydrogen-bond acceptors (Lipinski definition) is 6. The van der Waals surface area contributed by atoms with Gasteiger partial charge in [0.05, 0.1) is 16.4 Å². The minimum atomic E-state index is -0.605. The van der Waals surface area contributed by atoms with E-state index in [0.717, 1.165) is 31.6 Å². The molecule has 1 saturated heterocycles. The molecule has 0 saturated carbocycles. The number of nitrogens with two attached hydrogens (primary N) is 1. The van der Waals surface area contributed by atoms with E-state index >= 15 is 0 Å². The van der Waals surface area contributed by atoms with Crippen LogP contribution in [0.3, 0.4) is 0 Å². The largest absolute Gasteiger partial charge is 0.434 e. The molecule has 0 bridgehead atoms. The molecule has 0 amide bonds. The van der Waals surface area contributed by atoms with Crippen LogP contribution < -0.4 is 22.1 Å². The van der Waals surface area contributed by atoms with Crippen LogP contribution in [0.25, 0.3) is 11.5 Å². The molecule has 7 nitrogen and oxygen atoms in total. The number of nitrogens with one attached hydrogen (secondary N) is 3. The average Bonchev–Trinajstić information content (AvgIpc) is 2.99. The van der Waals surface area contributed by atoms with Crippen LogP contribution in [0.2, 0.25) is 5.02 Å². The van der Waals surface area contributed by atoms with Crippen molar-refractivity contribution in [3.63, 3.8) is 0 Å². The first-order valence-electron chi connectivity index (χ1n) is 7.66. The molecule has 1 aromatic carbocycles. The number of nitrogen functional groups attached to an aromatic ring is 1. The molecule has 23 heavy (non-hydrogen) atoms. The summed E-state index contributed by atoms with van der Waals surface area (Å²) in [6, 6.07) is 3.70. The highest BCUT2D eigenvalue weighted by atomic mass is 35.5. The van der Waals surface area contributed by atoms with Crippen molar-refractivity contribution in [2.24, 2.45) is 5.92 Å². The Balaban J connectivity index is 1.85. The Labute approximate surface area is 138 Å². The van der Waals surface area contributed by atoms with Crippen LogP contribution in [0.5, 0.6) is 0 Å². The highest BCUT2D eigenvalue weighted by molar-refractivity contribution is 6.35. The Kier molecular flexibility index (Phi) is 4.58. The van der Waals surface area contributed by atoms with Crippen LogP contribution in [0.4, 0.5) is 11.4 Å². The van der Waals surface area contributed by atoms with Crippen LogP contribution in [0.1, 0.15) is 19.8 Å². The molecule has 124 valence electrons. The summed E-state index contributed by atoms with van der Waals surface area (Å²) in [5, 5.41) is 13.3. The van der Waals surface area contributed by atoms with Crippen LogP contribution in [-0.4, -0.2) is 29.3 Å². The minimum Gasteiger partial charge on any atom is -0.397 e. The number of nitrogens with zero attached hydrogens (tertiary/aromatic N) is 1. The van der Waals surface area contributed by atoms with Crippen LogP contribution >= 0.6 is 11.6 Å². The van der Waals surface area contributed by atoms with E-state index in [9.17, 15) is 4.79 Å². The Bertz CT molecular complexity index is 736. The van der Waals surface area contributed by atoms with Gasteiger partial charge in [-0.1, -0.05) is 11.6 Å². The van der Waals surface area contributed by atoms with Gasteiger partial charge in [0.2, 0.25) is 5.89 Å². The molecule has 0 radical (unpaired) electrons. The molecular weight excluding hydrogens is 318 g/mol. The van der Waals surface area contributed by atoms with E-state index in [1.165, 1.54) is 0 Å². The Morgan fingerprint density at radius 3 is 2.83 bits per heavy atom. The predicted molar refractivity (Wildman–Crippen MR) is 90.7 cm³/mol. The standard InChI is InChI=1S/C15H20ClN5O2/c1-8(9-2-4-18-5-3-9)19-12-7-10(6-11(17)13(12)16)14-20-21-15(22)23-14/h6-9,18-19H,2-5,17H2,1H3,(H,21,22)/t8-/m0/s1. The number of halogens is 1. The van der Waals surface area contributed by atoms with E-state index in [0.29, 0.717) is 22.2 Å². The summed E-state index contributed by atoms with van der Waals surface area (Å²) in [4.78, 5) is 11.1. The summed E-state index contributed by atoms with van der Waals surface area (Å²) in [6.45, 7) is 4.21. The molecular formula is C15H20ClN5O2. The van der Waals surface area contributed by atoms with Crippen LogP contribution in [0, 0.1) is 5.92 Å². The summed E-state index contributed by atoms with van der Waals surface area (Å²) in [5.74, 6) is 0.155. The number of rotatable bonds is 4. The lowest BCUT2D eigenvalue weighted by Gasteiger charge is -2.30. The molecule has 2 aromatic rings. The van der Waals surface area contributed by atoms with Gasteiger partial charge in [0.25, 0.3) is 0 Å². The highest BCUT2D eigenvalue weighted by Gasteiger charge is 2.21. The SMILES string of the molecule is C[C@H](Nc1cc(-c2n[nH]c(=O)o2)cc(N)c1Cl)C1CCNCC1. The highest BCUT2D eigenvalue weighted by Crippen LogP contribution is 2.34. The van der Waals surface area contributed by atoms with Gasteiger partial charge in [0.15, 0.2) is 0 Å². The second-order valence-corrected chi connectivity index (χ2v) is 6.24. The van der Waals surface area contributed by atoms with Crippen molar-refractivity contribution >= 4 is 23.0 Å². The van der Waals surface area contributed by atoms with E-state index in [1.54, 1.807) is 12.1 Å². The van der Waals surface area contributed by atoms with E-state index in [2.05, 4.69) is 27.8 Å². The van der Waals surface area contributed by atoms with Gasteiger partial charge in [-0.3, -0.25) is 0 Å². The van der Waals surface area contributed by atoms with Crippen molar-refractivity contribution < 1.29 is 4.42 Å². The molecule has 0 aliphatic carbocycles. The van der Waals surface area contributed by atoms with E-state index in [4.69, 9.17) is 21.8 Å². The van der Waals surface area contributed by atoms with E-state index in [1.807, 2.05) is 0 Å². The average molecular weight is 338 g/mol. The fourth-order valence-corrected chi connectivity index (χ4v) is 3.10. The number of piperidine rings is 1. The van der Waals surface area contributed by atoms with Gasteiger partial charge in [-0.05, 0) is 50.9 Å². The van der Waals surface area contributed by atoms with Crippen molar-refractivity contribution in [1.29, 1.82) is 0 Å². The summed E-state index contributed by atoms with van der Waals surface area (Å²) in [5.41, 5.74) is 7.71. The molecule has 1 aliphatic heterocycles. The monoisotopic (exact) mass is 337 g/mol. The summed E-state index contributed by atoms with van der Waals surface area (Å²) in [7, 11) is 0. The normalized spacial score (nSPS) is 17.1. The number of benzene rings is 1. The number of aromatic nitrogens is 2. The molecule has 2 heterocycles. The summed E-state index contributed by atoms with van der Waals surface area (Å²) in [6.07, 6.45) is 2.24. The Morgan fingerprint density at radius 1 is 1.43 bits per heavy atom. The maximum absolute atomic E-state index is 11.1. The molecule has 8 heteroatoms. The maximum atomic E-state index is 11.1. The smallest absolute Gasteiger partial charge is 0.397 e. The number of anilines is 2. The quantitative estimate of drug-likeness (QED) is 0.636. The first-order valence-corrected chi connectivity index (χ1v) is 8.04. The maximum Gasteiger partial charge on any atom is 0.434 e. The van der Waals surface area contributed by atoms with Crippen LogP contribution in [-0.2, 0) is 0 Å². The van der Waals surface area contributed by atoms with Gasteiger partial charge in [-0.15, -0.1) is 5.10 Å². The van der Waals surface area contributed by atoms with Crippen LogP contribution in [0.15, 0.2) is 21.3 Å². The number of aromatic amines is 1. The third-order valence-corrected chi connectivity index (χ3v) is 4.68. The van der Waals surface area contributed by atoms with Gasteiger partial charge in [0, 0.05) is 11.6 Å². The third-order valence-electron chi connectivity index (χ3n) is 4.26. The van der Waals surface area contributed by atoms with Crippen molar-refractivity contribution in [2.45, 2.75) is 25.8 Å². The fourth-order valence-electron chi connectivity index (χ4n) is 2.94.